The van der Waals surface area contributed by atoms with Crippen molar-refractivity contribution in [3.05, 3.63) is 49.0 Å². The van der Waals surface area contributed by atoms with E-state index in [1.54, 1.807) is 18.2 Å². The minimum absolute atomic E-state index is 0.0429. The van der Waals surface area contributed by atoms with Crippen molar-refractivity contribution in [2.24, 2.45) is 10.9 Å². The number of halogens is 1. The van der Waals surface area contributed by atoms with Gasteiger partial charge in [0.2, 0.25) is 0 Å². The average Bonchev–Trinajstić information content (AvgIpc) is 2.94. The molecule has 0 aliphatic rings. The third-order valence-corrected chi connectivity index (χ3v) is 4.38. The number of allylic oxidation sites excluding steroid dienone is 2. The molecule has 11 heteroatoms. The monoisotopic (exact) mass is 541 g/mol. The van der Waals surface area contributed by atoms with Gasteiger partial charge in [0.1, 0.15) is 0 Å². The highest BCUT2D eigenvalue weighted by Crippen LogP contribution is 2.00. The van der Waals surface area contributed by atoms with Crippen molar-refractivity contribution in [2.45, 2.75) is 27.7 Å². The van der Waals surface area contributed by atoms with E-state index >= 15 is 0 Å². The molecule has 1 unspecified atom stereocenters. The van der Waals surface area contributed by atoms with Crippen LogP contribution in [0.25, 0.3) is 0 Å². The molecule has 0 spiro atoms. The summed E-state index contributed by atoms with van der Waals surface area (Å²) < 4.78 is 17.4. The van der Waals surface area contributed by atoms with Gasteiger partial charge in [-0.25, -0.2) is 4.39 Å². The summed E-state index contributed by atoms with van der Waals surface area (Å²) in [7, 11) is 5.98. The van der Waals surface area contributed by atoms with Crippen LogP contribution in [-0.4, -0.2) is 111 Å². The van der Waals surface area contributed by atoms with Crippen LogP contribution >= 0.6 is 0 Å². The second-order valence-electron chi connectivity index (χ2n) is 7.26. The Labute approximate surface area is 228 Å². The predicted octanol–water partition coefficient (Wildman–Crippen LogP) is 2.96. The zero-order valence-electron chi connectivity index (χ0n) is 24.3. The van der Waals surface area contributed by atoms with E-state index in [2.05, 4.69) is 16.9 Å². The second kappa shape index (κ2) is 26.7. The summed E-state index contributed by atoms with van der Waals surface area (Å²) in [6.45, 7) is 13.1. The molecule has 0 saturated heterocycles. The van der Waals surface area contributed by atoms with E-state index < -0.39 is 23.5 Å². The summed E-state index contributed by atoms with van der Waals surface area (Å²) in [5, 5.41) is 13.2. The maximum atomic E-state index is 12.5. The number of rotatable bonds is 15. The maximum Gasteiger partial charge on any atom is 0.311 e. The van der Waals surface area contributed by atoms with Crippen LogP contribution in [0.15, 0.2) is 54.0 Å². The highest BCUT2D eigenvalue weighted by molar-refractivity contribution is 6.34. The zero-order chi connectivity index (χ0) is 29.9. The highest BCUT2D eigenvalue weighted by Gasteiger charge is 2.20. The molecule has 0 aliphatic heterocycles. The van der Waals surface area contributed by atoms with Crippen LogP contribution in [0.5, 0.6) is 0 Å². The first-order valence-electron chi connectivity index (χ1n) is 12.6. The Hall–Kier alpha value is -3.31. The lowest BCUT2D eigenvalue weighted by atomic mass is 10.1. The fraction of sp³-hybridized carbons (Fsp3) is 0.556. The van der Waals surface area contributed by atoms with Gasteiger partial charge >= 0.3 is 11.8 Å². The summed E-state index contributed by atoms with van der Waals surface area (Å²) in [6.07, 6.45) is 9.34. The summed E-state index contributed by atoms with van der Waals surface area (Å²) in [5.41, 5.74) is 0. The molecule has 38 heavy (non-hydrogen) atoms. The summed E-state index contributed by atoms with van der Waals surface area (Å²) in [4.78, 5) is 43.5. The normalized spacial score (nSPS) is 11.9. The third-order valence-electron chi connectivity index (χ3n) is 4.38. The van der Waals surface area contributed by atoms with E-state index in [1.807, 2.05) is 27.7 Å². The molecular formula is C27H48FN5O5. The number of likely N-dealkylation sites (N-methyl/N-ethyl adjacent to an activating group) is 2. The van der Waals surface area contributed by atoms with Crippen molar-refractivity contribution < 1.29 is 28.6 Å². The third kappa shape index (κ3) is 18.9. The highest BCUT2D eigenvalue weighted by atomic mass is 19.1. The van der Waals surface area contributed by atoms with E-state index in [4.69, 9.17) is 4.74 Å². The zero-order valence-corrected chi connectivity index (χ0v) is 24.3. The molecule has 0 aromatic heterocycles. The van der Waals surface area contributed by atoms with Crippen molar-refractivity contribution in [3.63, 3.8) is 0 Å². The Morgan fingerprint density at radius 3 is 2.16 bits per heavy atom. The van der Waals surface area contributed by atoms with Crippen molar-refractivity contribution in [3.8, 4) is 0 Å². The lowest BCUT2D eigenvalue weighted by molar-refractivity contribution is -0.149. The van der Waals surface area contributed by atoms with E-state index in [1.165, 1.54) is 61.4 Å². The van der Waals surface area contributed by atoms with Crippen LogP contribution in [0.4, 0.5) is 4.39 Å². The lowest BCUT2D eigenvalue weighted by Gasteiger charge is -2.20. The number of hydrogen-bond donors (Lipinski definition) is 2. The van der Waals surface area contributed by atoms with Gasteiger partial charge in [-0.05, 0) is 12.2 Å². The molecule has 0 radical (unpaired) electrons. The number of nitrogens with zero attached hydrogens (tertiary/aromatic N) is 4. The Morgan fingerprint density at radius 2 is 1.63 bits per heavy atom. The first-order valence-corrected chi connectivity index (χ1v) is 12.6. The maximum absolute atomic E-state index is 12.5. The number of aliphatic hydroxyl groups is 1. The first-order chi connectivity index (χ1) is 18.2. The standard InChI is InChI=1S/C23H36FN5O5.2C2H6/c1-6-19(9-7-8-11-24)17-26-12-10-20(30)21(31)29(18-25-2)14-16-34-15-13-28(5)23(33)22(32)27(3)4;2*1-2/h6-11,18-19,26,30H,1,12-17H2,2-5H3;2*1-2H3/b9-7?,11-8+,20-10-,25-18?;;. The fourth-order valence-electron chi connectivity index (χ4n) is 2.41. The Balaban J connectivity index is -0.00000291. The van der Waals surface area contributed by atoms with E-state index in [0.29, 0.717) is 12.9 Å². The summed E-state index contributed by atoms with van der Waals surface area (Å²) >= 11 is 0. The number of amides is 3. The predicted molar refractivity (Wildman–Crippen MR) is 153 cm³/mol. The van der Waals surface area contributed by atoms with Crippen LogP contribution in [-0.2, 0) is 19.1 Å². The Kier molecular flexibility index (Phi) is 27.6. The van der Waals surface area contributed by atoms with Gasteiger partial charge in [0.15, 0.2) is 5.76 Å². The smallest absolute Gasteiger partial charge is 0.311 e. The van der Waals surface area contributed by atoms with Gasteiger partial charge < -0.3 is 25.0 Å². The number of aliphatic hydroxyl groups excluding tert-OH is 1. The van der Waals surface area contributed by atoms with Crippen LogP contribution in [0.2, 0.25) is 0 Å². The second-order valence-corrected chi connectivity index (χ2v) is 7.26. The Morgan fingerprint density at radius 1 is 1.03 bits per heavy atom. The van der Waals surface area contributed by atoms with Gasteiger partial charge in [0, 0.05) is 53.7 Å². The van der Waals surface area contributed by atoms with Gasteiger partial charge in [-0.1, -0.05) is 45.9 Å². The molecule has 0 saturated carbocycles. The number of aliphatic imine (C=N–C) groups is 1. The van der Waals surface area contributed by atoms with Gasteiger partial charge in [-0.2, -0.15) is 0 Å². The molecule has 0 aromatic carbocycles. The molecule has 1 atom stereocenters. The van der Waals surface area contributed by atoms with Gasteiger partial charge in [0.25, 0.3) is 5.91 Å². The van der Waals surface area contributed by atoms with Crippen molar-refractivity contribution in [1.29, 1.82) is 0 Å². The fourth-order valence-corrected chi connectivity index (χ4v) is 2.41. The molecule has 0 aliphatic carbocycles. The molecule has 218 valence electrons. The van der Waals surface area contributed by atoms with Crippen LogP contribution < -0.4 is 5.32 Å². The largest absolute Gasteiger partial charge is 0.503 e. The molecule has 2 N–H and O–H groups in total. The van der Waals surface area contributed by atoms with Crippen LogP contribution in [0, 0.1) is 5.92 Å². The molecular weight excluding hydrogens is 493 g/mol. The van der Waals surface area contributed by atoms with Crippen molar-refractivity contribution >= 4 is 24.1 Å². The Bertz CT molecular complexity index is 782. The quantitative estimate of drug-likeness (QED) is 0.0482. The van der Waals surface area contributed by atoms with Crippen molar-refractivity contribution in [2.75, 3.05) is 67.6 Å². The summed E-state index contributed by atoms with van der Waals surface area (Å²) in [5.74, 6) is -2.40. The minimum atomic E-state index is -0.645. The SMILES string of the molecule is C=CC(C=C/C=C/F)CNC/C=C(\O)C(=O)N(C=NC)CCOCCN(C)C(=O)C(=O)N(C)C.CC.CC. The summed E-state index contributed by atoms with van der Waals surface area (Å²) in [6, 6.07) is 0. The molecule has 0 aromatic rings. The molecule has 3 amide bonds. The molecule has 0 heterocycles. The first kappa shape index (κ1) is 39.2. The van der Waals surface area contributed by atoms with Gasteiger partial charge in [-0.3, -0.25) is 24.3 Å². The molecule has 0 fully saturated rings. The van der Waals surface area contributed by atoms with Crippen molar-refractivity contribution in [1.82, 2.24) is 20.0 Å². The van der Waals surface area contributed by atoms with E-state index in [-0.39, 0.29) is 38.8 Å². The van der Waals surface area contributed by atoms with Crippen LogP contribution in [0.3, 0.4) is 0 Å². The van der Waals surface area contributed by atoms with Gasteiger partial charge in [-0.15, -0.1) is 6.58 Å². The number of hydrogen-bond acceptors (Lipinski definition) is 7. The average molecular weight is 542 g/mol. The minimum Gasteiger partial charge on any atom is -0.503 e. The number of carbonyl (C=O) groups excluding carboxylic acids is 3. The lowest BCUT2D eigenvalue weighted by Crippen LogP contribution is -2.41. The number of carbonyl (C=O) groups is 3. The number of ether oxygens (including phenoxy) is 1. The van der Waals surface area contributed by atoms with Crippen LogP contribution in [0.1, 0.15) is 27.7 Å². The molecule has 10 nitrogen and oxygen atoms in total. The molecule has 0 bridgehead atoms. The number of nitrogens with one attached hydrogen (secondary N) is 1. The van der Waals surface area contributed by atoms with E-state index in [0.717, 1.165) is 0 Å². The topological polar surface area (TPSA) is 115 Å². The van der Waals surface area contributed by atoms with Gasteiger partial charge in [0.05, 0.1) is 32.4 Å². The molecule has 0 rings (SSSR count). The van der Waals surface area contributed by atoms with E-state index in [9.17, 15) is 23.9 Å².